The first-order valence-electron chi connectivity index (χ1n) is 10.9. The predicted molar refractivity (Wildman–Crippen MR) is 124 cm³/mol. The van der Waals surface area contributed by atoms with E-state index >= 15 is 0 Å². The summed E-state index contributed by atoms with van der Waals surface area (Å²) < 4.78 is 0. The Morgan fingerprint density at radius 2 is 2.03 bits per heavy atom. The number of carbonyl (C=O) groups is 2. The molecule has 0 bridgehead atoms. The molecule has 2 aliphatic heterocycles. The predicted octanol–water partition coefficient (Wildman–Crippen LogP) is 3.31. The highest BCUT2D eigenvalue weighted by atomic mass is 32.2. The van der Waals surface area contributed by atoms with Crippen molar-refractivity contribution in [2.75, 3.05) is 24.1 Å². The third kappa shape index (κ3) is 5.09. The van der Waals surface area contributed by atoms with E-state index < -0.39 is 0 Å². The van der Waals surface area contributed by atoms with Crippen molar-refractivity contribution in [2.24, 2.45) is 5.92 Å². The SMILES string of the molecule is Cc1cc2c(cc1[N+](=O)[O-])CC(CCCCC(=O)C1SCN[C@@H]1C(=O)N1CCSC1)C2. The van der Waals surface area contributed by atoms with Crippen LogP contribution in [-0.4, -0.2) is 56.9 Å². The molecule has 2 fully saturated rings. The summed E-state index contributed by atoms with van der Waals surface area (Å²) in [6.07, 6.45) is 5.20. The normalized spacial score (nSPS) is 25.1. The van der Waals surface area contributed by atoms with E-state index in [4.69, 9.17) is 0 Å². The first-order valence-corrected chi connectivity index (χ1v) is 13.2. The van der Waals surface area contributed by atoms with Gasteiger partial charge in [-0.05, 0) is 55.7 Å². The Morgan fingerprint density at radius 3 is 2.74 bits per heavy atom. The van der Waals surface area contributed by atoms with Crippen LogP contribution in [0.25, 0.3) is 0 Å². The number of rotatable bonds is 8. The summed E-state index contributed by atoms with van der Waals surface area (Å²) in [7, 11) is 0. The van der Waals surface area contributed by atoms with Gasteiger partial charge in [-0.3, -0.25) is 25.0 Å². The van der Waals surface area contributed by atoms with E-state index in [1.807, 2.05) is 11.0 Å². The molecular formula is C22H29N3O4S2. The van der Waals surface area contributed by atoms with E-state index in [0.29, 0.717) is 18.2 Å². The molecule has 0 spiro atoms. The molecular weight excluding hydrogens is 434 g/mol. The summed E-state index contributed by atoms with van der Waals surface area (Å²) in [5.41, 5.74) is 3.28. The second-order valence-corrected chi connectivity index (χ2v) is 10.9. The van der Waals surface area contributed by atoms with Gasteiger partial charge >= 0.3 is 0 Å². The molecule has 7 nitrogen and oxygen atoms in total. The Labute approximate surface area is 191 Å². The highest BCUT2D eigenvalue weighted by molar-refractivity contribution is 8.01. The molecule has 1 amide bonds. The van der Waals surface area contributed by atoms with Crippen molar-refractivity contribution in [3.8, 4) is 0 Å². The van der Waals surface area contributed by atoms with Crippen LogP contribution in [0.5, 0.6) is 0 Å². The van der Waals surface area contributed by atoms with E-state index in [9.17, 15) is 19.7 Å². The number of hydrogen-bond acceptors (Lipinski definition) is 7. The summed E-state index contributed by atoms with van der Waals surface area (Å²) in [5, 5.41) is 14.1. The van der Waals surface area contributed by atoms with Gasteiger partial charge in [0.15, 0.2) is 0 Å². The maximum absolute atomic E-state index is 12.8. The van der Waals surface area contributed by atoms with Crippen molar-refractivity contribution in [1.82, 2.24) is 10.2 Å². The Kier molecular flexibility index (Phi) is 7.23. The number of fused-ring (bicyclic) bond motifs is 1. The number of carbonyl (C=O) groups excluding carboxylic acids is 2. The van der Waals surface area contributed by atoms with E-state index in [-0.39, 0.29) is 33.6 Å². The lowest BCUT2D eigenvalue weighted by Gasteiger charge is -2.22. The molecule has 1 aromatic carbocycles. The molecule has 1 aliphatic carbocycles. The number of benzene rings is 1. The molecule has 2 unspecified atom stereocenters. The maximum Gasteiger partial charge on any atom is 0.272 e. The van der Waals surface area contributed by atoms with Crippen LogP contribution in [0.4, 0.5) is 5.69 Å². The maximum atomic E-state index is 12.8. The topological polar surface area (TPSA) is 92.5 Å². The van der Waals surface area contributed by atoms with Crippen LogP contribution in [0.1, 0.15) is 42.4 Å². The van der Waals surface area contributed by atoms with Gasteiger partial charge in [-0.2, -0.15) is 0 Å². The number of aryl methyl sites for hydroxylation is 1. The van der Waals surface area contributed by atoms with Crippen LogP contribution in [-0.2, 0) is 22.4 Å². The number of hydrogen-bond donors (Lipinski definition) is 1. The number of nitro groups is 1. The molecule has 9 heteroatoms. The Balaban J connectivity index is 1.22. The standard InChI is InChI=1S/C22H29N3O4S2/c1-14-8-16-9-15(10-17(16)11-18(14)25(28)29)4-2-3-5-19(26)21-20(23-12-31-21)22(27)24-6-7-30-13-24/h8,11,15,20-21,23H,2-7,9-10,12-13H2,1H3/t15?,20-,21?/m0/s1. The fourth-order valence-corrected chi connectivity index (χ4v) is 6.98. The van der Waals surface area contributed by atoms with E-state index in [0.717, 1.165) is 61.4 Å². The zero-order valence-corrected chi connectivity index (χ0v) is 19.4. The lowest BCUT2D eigenvalue weighted by molar-refractivity contribution is -0.385. The summed E-state index contributed by atoms with van der Waals surface area (Å²) in [6, 6.07) is 3.34. The van der Waals surface area contributed by atoms with Gasteiger partial charge in [0.2, 0.25) is 5.91 Å². The zero-order valence-electron chi connectivity index (χ0n) is 17.8. The third-order valence-electron chi connectivity index (χ3n) is 6.53. The molecule has 0 radical (unpaired) electrons. The van der Waals surface area contributed by atoms with Gasteiger partial charge in [0.05, 0.1) is 16.1 Å². The molecule has 3 aliphatic rings. The fourth-order valence-electron chi connectivity index (χ4n) is 4.86. The first kappa shape index (κ1) is 22.6. The molecule has 2 heterocycles. The number of amides is 1. The van der Waals surface area contributed by atoms with E-state index in [1.165, 1.54) is 5.56 Å². The van der Waals surface area contributed by atoms with Crippen LogP contribution >= 0.6 is 23.5 Å². The zero-order chi connectivity index (χ0) is 22.0. The number of unbranched alkanes of at least 4 members (excludes halogenated alkanes) is 1. The first-order chi connectivity index (χ1) is 14.9. The van der Waals surface area contributed by atoms with Gasteiger partial charge in [-0.25, -0.2) is 0 Å². The van der Waals surface area contributed by atoms with Crippen LogP contribution in [0.2, 0.25) is 0 Å². The van der Waals surface area contributed by atoms with Gasteiger partial charge < -0.3 is 4.90 Å². The summed E-state index contributed by atoms with van der Waals surface area (Å²) in [5.74, 6) is 3.11. The lowest BCUT2D eigenvalue weighted by atomic mass is 9.97. The minimum atomic E-state index is -0.375. The van der Waals surface area contributed by atoms with E-state index in [2.05, 4.69) is 5.32 Å². The molecule has 4 rings (SSSR count). The molecule has 1 N–H and O–H groups in total. The molecule has 0 saturated carbocycles. The molecule has 1 aromatic rings. The Hall–Kier alpha value is -1.58. The van der Waals surface area contributed by atoms with Crippen LogP contribution in [0, 0.1) is 23.0 Å². The van der Waals surface area contributed by atoms with Crippen molar-refractivity contribution in [2.45, 2.75) is 56.7 Å². The minimum absolute atomic E-state index is 0.0708. The van der Waals surface area contributed by atoms with Gasteiger partial charge in [0.1, 0.15) is 11.8 Å². The number of nitro benzene ring substituents is 1. The van der Waals surface area contributed by atoms with Crippen LogP contribution in [0.15, 0.2) is 12.1 Å². The number of nitrogens with one attached hydrogen (secondary N) is 1. The van der Waals surface area contributed by atoms with Crippen molar-refractivity contribution in [1.29, 1.82) is 0 Å². The van der Waals surface area contributed by atoms with Crippen molar-refractivity contribution >= 4 is 40.9 Å². The average molecular weight is 464 g/mol. The van der Waals surface area contributed by atoms with Crippen molar-refractivity contribution in [3.63, 3.8) is 0 Å². The van der Waals surface area contributed by atoms with Gasteiger partial charge in [0.25, 0.3) is 5.69 Å². The molecule has 168 valence electrons. The fraction of sp³-hybridized carbons (Fsp3) is 0.636. The highest BCUT2D eigenvalue weighted by Crippen LogP contribution is 2.34. The second kappa shape index (κ2) is 9.92. The Bertz CT molecular complexity index is 873. The van der Waals surface area contributed by atoms with Gasteiger partial charge in [-0.15, -0.1) is 23.5 Å². The third-order valence-corrected chi connectivity index (χ3v) is 8.73. The van der Waals surface area contributed by atoms with Gasteiger partial charge in [-0.1, -0.05) is 6.42 Å². The van der Waals surface area contributed by atoms with Crippen molar-refractivity contribution < 1.29 is 14.5 Å². The number of ketones is 1. The number of nitrogens with zero attached hydrogens (tertiary/aromatic N) is 2. The average Bonchev–Trinajstić information content (AvgIpc) is 3.50. The summed E-state index contributed by atoms with van der Waals surface area (Å²) in [4.78, 5) is 38.2. The van der Waals surface area contributed by atoms with Gasteiger partial charge in [0, 0.05) is 36.2 Å². The number of Topliss-reactive ketones (excluding diaryl/α,β-unsaturated/α-hetero) is 1. The van der Waals surface area contributed by atoms with Crippen LogP contribution in [0.3, 0.4) is 0 Å². The Morgan fingerprint density at radius 1 is 1.26 bits per heavy atom. The monoisotopic (exact) mass is 463 g/mol. The highest BCUT2D eigenvalue weighted by Gasteiger charge is 2.40. The van der Waals surface area contributed by atoms with E-state index in [1.54, 1.807) is 36.5 Å². The molecule has 0 aromatic heterocycles. The minimum Gasteiger partial charge on any atom is -0.331 e. The largest absolute Gasteiger partial charge is 0.331 e. The lowest BCUT2D eigenvalue weighted by Crippen LogP contribution is -2.49. The van der Waals surface area contributed by atoms with Crippen molar-refractivity contribution in [3.05, 3.63) is 38.9 Å². The quantitative estimate of drug-likeness (QED) is 0.359. The summed E-state index contributed by atoms with van der Waals surface area (Å²) in [6.45, 7) is 2.58. The molecule has 3 atom stereocenters. The second-order valence-electron chi connectivity index (χ2n) is 8.70. The summed E-state index contributed by atoms with van der Waals surface area (Å²) >= 11 is 3.31. The van der Waals surface area contributed by atoms with Crippen LogP contribution < -0.4 is 5.32 Å². The number of thioether (sulfide) groups is 2. The molecule has 31 heavy (non-hydrogen) atoms. The molecule has 2 saturated heterocycles. The smallest absolute Gasteiger partial charge is 0.272 e.